The van der Waals surface area contributed by atoms with Gasteiger partial charge >= 0.3 is 6.18 Å². The zero-order valence-corrected chi connectivity index (χ0v) is 13.7. The summed E-state index contributed by atoms with van der Waals surface area (Å²) in [5.41, 5.74) is -0.379. The lowest BCUT2D eigenvalue weighted by Crippen LogP contribution is -2.37. The zero-order chi connectivity index (χ0) is 18.0. The monoisotopic (exact) mass is 345 g/mol. The van der Waals surface area contributed by atoms with Gasteiger partial charge in [0.2, 0.25) is 5.91 Å². The van der Waals surface area contributed by atoms with E-state index in [1.54, 1.807) is 26.0 Å². The number of alkyl halides is 3. The molecule has 0 unspecified atom stereocenters. The van der Waals surface area contributed by atoms with Crippen molar-refractivity contribution in [2.75, 3.05) is 6.61 Å². The first-order valence-corrected chi connectivity index (χ1v) is 7.88. The maximum Gasteiger partial charge on any atom is 0.422 e. The molecule has 1 fully saturated rings. The van der Waals surface area contributed by atoms with Gasteiger partial charge in [-0.3, -0.25) is 4.79 Å². The molecular weight excluding hydrogens is 323 g/mol. The zero-order valence-electron chi connectivity index (χ0n) is 13.7. The van der Waals surface area contributed by atoms with Crippen LogP contribution in [0.15, 0.2) is 24.3 Å². The van der Waals surface area contributed by atoms with E-state index in [0.717, 1.165) is 12.8 Å². The van der Waals surface area contributed by atoms with Crippen molar-refractivity contribution < 1.29 is 27.8 Å². The normalized spacial score (nSPS) is 18.6. The number of rotatable bonds is 7. The molecule has 0 aliphatic heterocycles. The standard InChI is InChI=1S/C17H22F3NO3/c1-11(21-15(22)9-16(2,23)13-6-7-13)12-4-3-5-14(8-12)24-10-17(18,19)20/h3-5,8,11,13,23H,6-7,9-10H2,1-2H3,(H,21,22)/t11-,16+/m0/s1. The van der Waals surface area contributed by atoms with Crippen molar-refractivity contribution in [2.24, 2.45) is 5.92 Å². The molecule has 1 amide bonds. The molecule has 134 valence electrons. The topological polar surface area (TPSA) is 58.6 Å². The minimum atomic E-state index is -4.40. The van der Waals surface area contributed by atoms with Crippen LogP contribution in [0.25, 0.3) is 0 Å². The summed E-state index contributed by atoms with van der Waals surface area (Å²) in [4.78, 5) is 12.1. The summed E-state index contributed by atoms with van der Waals surface area (Å²) in [5, 5.41) is 13.0. The van der Waals surface area contributed by atoms with Gasteiger partial charge in [-0.25, -0.2) is 0 Å². The first-order chi connectivity index (χ1) is 11.1. The first-order valence-electron chi connectivity index (χ1n) is 7.88. The van der Waals surface area contributed by atoms with E-state index in [1.807, 2.05) is 0 Å². The van der Waals surface area contributed by atoms with E-state index < -0.39 is 24.4 Å². The molecule has 1 saturated carbocycles. The second-order valence-corrected chi connectivity index (χ2v) is 6.57. The lowest BCUT2D eigenvalue weighted by Gasteiger charge is -2.23. The van der Waals surface area contributed by atoms with Crippen LogP contribution in [0.2, 0.25) is 0 Å². The second kappa shape index (κ2) is 7.01. The number of halogens is 3. The molecule has 1 aromatic rings. The predicted octanol–water partition coefficient (Wildman–Crippen LogP) is 3.36. The Hall–Kier alpha value is -1.76. The molecule has 7 heteroatoms. The number of hydrogen-bond acceptors (Lipinski definition) is 3. The smallest absolute Gasteiger partial charge is 0.422 e. The average Bonchev–Trinajstić information content (AvgIpc) is 3.29. The summed E-state index contributed by atoms with van der Waals surface area (Å²) in [5.74, 6) is -0.0328. The molecule has 0 aromatic heterocycles. The molecule has 1 aliphatic carbocycles. The number of nitrogens with one attached hydrogen (secondary N) is 1. The van der Waals surface area contributed by atoms with Crippen LogP contribution in [-0.4, -0.2) is 29.4 Å². The van der Waals surface area contributed by atoms with Gasteiger partial charge in [-0.15, -0.1) is 0 Å². The molecular formula is C17H22F3NO3. The lowest BCUT2D eigenvalue weighted by atomic mass is 9.95. The van der Waals surface area contributed by atoms with Crippen molar-refractivity contribution in [3.8, 4) is 5.75 Å². The van der Waals surface area contributed by atoms with Crippen molar-refractivity contribution in [2.45, 2.75) is 50.9 Å². The van der Waals surface area contributed by atoms with Gasteiger partial charge in [-0.2, -0.15) is 13.2 Å². The van der Waals surface area contributed by atoms with Gasteiger partial charge in [0.05, 0.1) is 18.1 Å². The Labute approximate surface area is 139 Å². The number of carbonyl (C=O) groups is 1. The molecule has 2 N–H and O–H groups in total. The van der Waals surface area contributed by atoms with Crippen molar-refractivity contribution in [1.29, 1.82) is 0 Å². The number of hydrogen-bond donors (Lipinski definition) is 2. The third-order valence-corrected chi connectivity index (χ3v) is 4.11. The lowest BCUT2D eigenvalue weighted by molar-refractivity contribution is -0.153. The maximum atomic E-state index is 12.2. The molecule has 0 radical (unpaired) electrons. The number of benzene rings is 1. The number of aliphatic hydroxyl groups is 1. The minimum absolute atomic E-state index is 0.00622. The van der Waals surface area contributed by atoms with Crippen molar-refractivity contribution >= 4 is 5.91 Å². The number of ether oxygens (including phenoxy) is 1. The Kier molecular flexibility index (Phi) is 5.42. The highest BCUT2D eigenvalue weighted by Crippen LogP contribution is 2.41. The fraction of sp³-hybridized carbons (Fsp3) is 0.588. The third-order valence-electron chi connectivity index (χ3n) is 4.11. The largest absolute Gasteiger partial charge is 0.484 e. The van der Waals surface area contributed by atoms with Gasteiger partial charge in [0.15, 0.2) is 6.61 Å². The van der Waals surface area contributed by atoms with Gasteiger partial charge < -0.3 is 15.2 Å². The average molecular weight is 345 g/mol. The second-order valence-electron chi connectivity index (χ2n) is 6.57. The fourth-order valence-corrected chi connectivity index (χ4v) is 2.59. The van der Waals surface area contributed by atoms with Crippen LogP contribution in [-0.2, 0) is 4.79 Å². The molecule has 2 atom stereocenters. The molecule has 1 aliphatic rings. The highest BCUT2D eigenvalue weighted by atomic mass is 19.4. The van der Waals surface area contributed by atoms with Gasteiger partial charge in [-0.05, 0) is 50.3 Å². The van der Waals surface area contributed by atoms with E-state index in [-0.39, 0.29) is 24.0 Å². The van der Waals surface area contributed by atoms with Gasteiger partial charge in [0.1, 0.15) is 5.75 Å². The van der Waals surface area contributed by atoms with E-state index in [2.05, 4.69) is 5.32 Å². The van der Waals surface area contributed by atoms with Crippen LogP contribution in [0.4, 0.5) is 13.2 Å². The number of carbonyl (C=O) groups excluding carboxylic acids is 1. The minimum Gasteiger partial charge on any atom is -0.484 e. The quantitative estimate of drug-likeness (QED) is 0.797. The van der Waals surface area contributed by atoms with E-state index in [4.69, 9.17) is 4.74 Å². The van der Waals surface area contributed by atoms with Crippen LogP contribution in [0.5, 0.6) is 5.75 Å². The van der Waals surface area contributed by atoms with Gasteiger partial charge in [0.25, 0.3) is 0 Å². The van der Waals surface area contributed by atoms with Crippen LogP contribution < -0.4 is 10.1 Å². The maximum absolute atomic E-state index is 12.2. The summed E-state index contributed by atoms with van der Waals surface area (Å²) < 4.78 is 41.3. The molecule has 2 rings (SSSR count). The Morgan fingerprint density at radius 1 is 1.42 bits per heavy atom. The first kappa shape index (κ1) is 18.6. The SMILES string of the molecule is C[C@H](NC(=O)C[C@@](C)(O)C1CC1)c1cccc(OCC(F)(F)F)c1. The van der Waals surface area contributed by atoms with Crippen LogP contribution >= 0.6 is 0 Å². The molecule has 0 bridgehead atoms. The third kappa shape index (κ3) is 5.70. The predicted molar refractivity (Wildman–Crippen MR) is 82.5 cm³/mol. The van der Waals surface area contributed by atoms with Gasteiger partial charge in [-0.1, -0.05) is 12.1 Å². The summed E-state index contributed by atoms with van der Waals surface area (Å²) >= 11 is 0. The van der Waals surface area contributed by atoms with Crippen molar-refractivity contribution in [3.05, 3.63) is 29.8 Å². The fourth-order valence-electron chi connectivity index (χ4n) is 2.59. The summed E-state index contributed by atoms with van der Waals surface area (Å²) in [6.07, 6.45) is -2.54. The Balaban J connectivity index is 1.91. The highest BCUT2D eigenvalue weighted by Gasteiger charge is 2.41. The van der Waals surface area contributed by atoms with E-state index in [1.165, 1.54) is 12.1 Å². The summed E-state index contributed by atoms with van der Waals surface area (Å²) in [7, 11) is 0. The van der Waals surface area contributed by atoms with E-state index >= 15 is 0 Å². The van der Waals surface area contributed by atoms with E-state index in [0.29, 0.717) is 5.56 Å². The summed E-state index contributed by atoms with van der Waals surface area (Å²) in [6, 6.07) is 5.77. The van der Waals surface area contributed by atoms with Crippen LogP contribution in [0.1, 0.15) is 44.7 Å². The Morgan fingerprint density at radius 3 is 2.67 bits per heavy atom. The molecule has 1 aromatic carbocycles. The molecule has 0 heterocycles. The molecule has 0 saturated heterocycles. The van der Waals surface area contributed by atoms with Gasteiger partial charge in [0, 0.05) is 0 Å². The molecule has 0 spiro atoms. The van der Waals surface area contributed by atoms with Crippen molar-refractivity contribution in [1.82, 2.24) is 5.32 Å². The van der Waals surface area contributed by atoms with Crippen LogP contribution in [0.3, 0.4) is 0 Å². The highest BCUT2D eigenvalue weighted by molar-refractivity contribution is 5.77. The summed E-state index contributed by atoms with van der Waals surface area (Å²) in [6.45, 7) is 2.02. The van der Waals surface area contributed by atoms with Crippen LogP contribution in [0, 0.1) is 5.92 Å². The molecule has 24 heavy (non-hydrogen) atoms. The van der Waals surface area contributed by atoms with Crippen molar-refractivity contribution in [3.63, 3.8) is 0 Å². The number of amides is 1. The van der Waals surface area contributed by atoms with E-state index in [9.17, 15) is 23.1 Å². The molecule has 4 nitrogen and oxygen atoms in total. The Bertz CT molecular complexity index is 583. The Morgan fingerprint density at radius 2 is 2.08 bits per heavy atom.